The van der Waals surface area contributed by atoms with Crippen molar-refractivity contribution < 1.29 is 31.1 Å². The Hall–Kier alpha value is -1.20. The molecule has 3 nitrogen and oxygen atoms in total. The van der Waals surface area contributed by atoms with Crippen LogP contribution in [-0.2, 0) is 27.9 Å². The van der Waals surface area contributed by atoms with E-state index in [1.54, 1.807) is 17.5 Å². The molecule has 1 aromatic heterocycles. The number of aryl methyl sites for hydroxylation is 1. The van der Waals surface area contributed by atoms with Gasteiger partial charge >= 0.3 is 5.97 Å². The van der Waals surface area contributed by atoms with Crippen molar-refractivity contribution >= 4 is 17.3 Å². The van der Waals surface area contributed by atoms with E-state index in [2.05, 4.69) is 67.0 Å². The summed E-state index contributed by atoms with van der Waals surface area (Å²) in [6, 6.07) is 11.0. The highest BCUT2D eigenvalue weighted by Crippen LogP contribution is 2.66. The Kier molecular flexibility index (Phi) is 6.74. The number of esters is 1. The Morgan fingerprint density at radius 2 is 1.86 bits per heavy atom. The molecule has 1 aromatic carbocycles. The summed E-state index contributed by atoms with van der Waals surface area (Å²) in [5.74, 6) is 3.08. The number of hydrogen-bond acceptors (Lipinski definition) is 3. The maximum atomic E-state index is 11.6. The summed E-state index contributed by atoms with van der Waals surface area (Å²) in [5.41, 5.74) is 3.83. The van der Waals surface area contributed by atoms with Crippen molar-refractivity contribution in [1.82, 2.24) is 0 Å². The summed E-state index contributed by atoms with van der Waals surface area (Å²) in [6.07, 6.45) is 10.2. The quantitative estimate of drug-likeness (QED) is 0.427. The summed E-state index contributed by atoms with van der Waals surface area (Å²) in [7, 11) is 0. The van der Waals surface area contributed by atoms with Crippen molar-refractivity contribution in [2.75, 3.05) is 0 Å². The van der Waals surface area contributed by atoms with E-state index in [4.69, 9.17) is 4.74 Å². The first kappa shape index (κ1) is 25.4. The highest BCUT2D eigenvalue weighted by atomic mass is 79.9. The average molecular weight is 559 g/mol. The van der Waals surface area contributed by atoms with Gasteiger partial charge in [-0.2, -0.15) is 4.57 Å². The van der Waals surface area contributed by atoms with Crippen molar-refractivity contribution in [3.05, 3.63) is 51.5 Å². The van der Waals surface area contributed by atoms with E-state index in [0.29, 0.717) is 10.8 Å². The molecular formula is C30H40BrNO2S. The summed E-state index contributed by atoms with van der Waals surface area (Å²) in [6.45, 7) is 10.1. The molecule has 0 saturated heterocycles. The van der Waals surface area contributed by atoms with E-state index in [-0.39, 0.29) is 29.1 Å². The number of benzene rings is 1. The summed E-state index contributed by atoms with van der Waals surface area (Å²) in [5, 5.41) is 1.47. The number of carbonyl (C=O) groups is 1. The number of halogens is 1. The number of ether oxygens (including phenoxy) is 1. The molecule has 1 heterocycles. The Morgan fingerprint density at radius 3 is 2.60 bits per heavy atom. The largest absolute Gasteiger partial charge is 1.00 e. The lowest BCUT2D eigenvalue weighted by molar-refractivity contribution is -0.696. The van der Waals surface area contributed by atoms with Crippen molar-refractivity contribution in [3.63, 3.8) is 0 Å². The smallest absolute Gasteiger partial charge is 0.302 e. The minimum absolute atomic E-state index is 0. The highest BCUT2D eigenvalue weighted by molar-refractivity contribution is 7.11. The lowest BCUT2D eigenvalue weighted by atomic mass is 9.45. The number of aromatic nitrogens is 1. The number of nitrogens with zero attached hydrogens (tertiary/aromatic N) is 1. The second-order valence-corrected chi connectivity index (χ2v) is 13.5. The fraction of sp³-hybridized carbons (Fsp3) is 0.667. The molecule has 35 heavy (non-hydrogen) atoms. The summed E-state index contributed by atoms with van der Waals surface area (Å²) >= 11 is 2.09. The van der Waals surface area contributed by atoms with Crippen LogP contribution in [0.15, 0.2) is 30.3 Å². The standard InChI is InChI=1S/C30H40NO2S.BrH/c1-19-31(18-21-8-6-5-7-9-21)27-17-26-24-11-10-22-16-23(33-20(2)32)12-14-29(22,3)25(24)13-15-30(26,4)28(27)34-19;/h5-9,22-26H,10-18H2,1-4H3;1H/q+1;/p-1/t22-,23-,24+,25-,26-,29-,30-;/m0./s1. The summed E-state index contributed by atoms with van der Waals surface area (Å²) in [4.78, 5) is 13.3. The molecule has 0 N–H and O–H groups in total. The van der Waals surface area contributed by atoms with Gasteiger partial charge in [-0.25, -0.2) is 0 Å². The zero-order valence-corrected chi connectivity index (χ0v) is 24.1. The van der Waals surface area contributed by atoms with Crippen molar-refractivity contribution in [2.45, 2.75) is 97.1 Å². The third-order valence-electron chi connectivity index (χ3n) is 10.7. The molecule has 0 unspecified atom stereocenters. The molecule has 5 heteroatoms. The molecule has 0 spiro atoms. The predicted molar refractivity (Wildman–Crippen MR) is 136 cm³/mol. The van der Waals surface area contributed by atoms with E-state index in [1.165, 1.54) is 49.1 Å². The topological polar surface area (TPSA) is 30.2 Å². The second-order valence-electron chi connectivity index (χ2n) is 12.3. The fourth-order valence-corrected chi connectivity index (χ4v) is 10.3. The van der Waals surface area contributed by atoms with Gasteiger partial charge < -0.3 is 21.7 Å². The Morgan fingerprint density at radius 1 is 1.09 bits per heavy atom. The van der Waals surface area contributed by atoms with Crippen LogP contribution in [0, 0.1) is 36.0 Å². The lowest BCUT2D eigenvalue weighted by Gasteiger charge is -2.60. The summed E-state index contributed by atoms with van der Waals surface area (Å²) < 4.78 is 8.32. The van der Waals surface area contributed by atoms with E-state index in [0.717, 1.165) is 43.1 Å². The van der Waals surface area contributed by atoms with Gasteiger partial charge in [0.1, 0.15) is 6.10 Å². The van der Waals surface area contributed by atoms with Gasteiger partial charge in [-0.05, 0) is 74.0 Å². The first-order chi connectivity index (χ1) is 16.3. The monoisotopic (exact) mass is 557 g/mol. The zero-order chi connectivity index (χ0) is 23.7. The van der Waals surface area contributed by atoms with Crippen molar-refractivity contribution in [1.29, 1.82) is 0 Å². The SMILES string of the molecule is CC(=O)O[C@H]1CC[C@@]2(C)[C@@H](CC[C@@H]3[C@@H]2CC[C@]2(C)c4sc(C)[n+](Cc5ccccc5)c4C[C@@H]32)C1.[Br-]. The van der Waals surface area contributed by atoms with Gasteiger partial charge in [0, 0.05) is 31.2 Å². The Balaban J connectivity index is 0.00000253. The maximum Gasteiger partial charge on any atom is 0.302 e. The molecule has 0 radical (unpaired) electrons. The second kappa shape index (κ2) is 9.28. The van der Waals surface area contributed by atoms with E-state index < -0.39 is 0 Å². The number of hydrogen-bond donors (Lipinski definition) is 0. The van der Waals surface area contributed by atoms with Crippen LogP contribution in [0.2, 0.25) is 0 Å². The van der Waals surface area contributed by atoms with E-state index in [1.807, 2.05) is 0 Å². The molecular weight excluding hydrogens is 518 g/mol. The van der Waals surface area contributed by atoms with Gasteiger partial charge in [-0.3, -0.25) is 4.79 Å². The molecule has 0 amide bonds. The Labute approximate surface area is 225 Å². The molecule has 190 valence electrons. The van der Waals surface area contributed by atoms with Gasteiger partial charge in [-0.1, -0.05) is 55.5 Å². The first-order valence-corrected chi connectivity index (χ1v) is 14.3. The predicted octanol–water partition coefficient (Wildman–Crippen LogP) is 3.38. The van der Waals surface area contributed by atoms with Crippen LogP contribution in [0.3, 0.4) is 0 Å². The van der Waals surface area contributed by atoms with Crippen molar-refractivity contribution in [2.24, 2.45) is 29.1 Å². The third-order valence-corrected chi connectivity index (χ3v) is 12.1. The van der Waals surface area contributed by atoms with Crippen LogP contribution in [-0.4, -0.2) is 12.1 Å². The van der Waals surface area contributed by atoms with Crippen LogP contribution >= 0.6 is 11.3 Å². The van der Waals surface area contributed by atoms with Gasteiger partial charge in [0.25, 0.3) is 0 Å². The lowest BCUT2D eigenvalue weighted by Crippen LogP contribution is -3.00. The van der Waals surface area contributed by atoms with E-state index in [9.17, 15) is 4.79 Å². The van der Waals surface area contributed by atoms with Crippen LogP contribution in [0.25, 0.3) is 0 Å². The van der Waals surface area contributed by atoms with Crippen LogP contribution in [0.5, 0.6) is 0 Å². The molecule has 4 aliphatic rings. The normalized spacial score (nSPS) is 37.3. The molecule has 4 aliphatic carbocycles. The van der Waals surface area contributed by atoms with Gasteiger partial charge in [-0.15, -0.1) is 0 Å². The fourth-order valence-electron chi connectivity index (χ4n) is 8.94. The van der Waals surface area contributed by atoms with Gasteiger partial charge in [0.2, 0.25) is 5.01 Å². The number of thiazole rings is 1. The maximum absolute atomic E-state index is 11.6. The molecule has 6 rings (SSSR count). The first-order valence-electron chi connectivity index (χ1n) is 13.5. The molecule has 0 bridgehead atoms. The van der Waals surface area contributed by atoms with Crippen LogP contribution in [0.1, 0.15) is 86.9 Å². The number of carbonyl (C=O) groups excluding carboxylic acids is 1. The van der Waals surface area contributed by atoms with Crippen LogP contribution < -0.4 is 21.5 Å². The number of fused-ring (bicyclic) bond motifs is 7. The minimum Gasteiger partial charge on any atom is -1.00 e. The Bertz CT molecular complexity index is 1100. The molecule has 3 saturated carbocycles. The highest BCUT2D eigenvalue weighted by Gasteiger charge is 2.61. The number of rotatable bonds is 3. The van der Waals surface area contributed by atoms with Crippen molar-refractivity contribution in [3.8, 4) is 0 Å². The van der Waals surface area contributed by atoms with Gasteiger partial charge in [0.15, 0.2) is 12.2 Å². The van der Waals surface area contributed by atoms with Gasteiger partial charge in [0.05, 0.1) is 4.88 Å². The molecule has 0 aliphatic heterocycles. The molecule has 3 fully saturated rings. The van der Waals surface area contributed by atoms with Crippen LogP contribution in [0.4, 0.5) is 0 Å². The molecule has 2 aromatic rings. The zero-order valence-electron chi connectivity index (χ0n) is 21.7. The minimum atomic E-state index is -0.105. The average Bonchev–Trinajstić information content (AvgIpc) is 3.27. The third kappa shape index (κ3) is 4.04. The van der Waals surface area contributed by atoms with E-state index >= 15 is 0 Å². The molecule has 7 atom stereocenters.